The number of likely N-dealkylation sites (N-methyl/N-ethyl adjacent to an activating group) is 1. The van der Waals surface area contributed by atoms with E-state index in [9.17, 15) is 9.90 Å². The SMILES string of the molecule is COc1c(O)ccc(/C=C2N=C(/C=C/c3cc(Cl)nc(Cl)c3)N(C)C\2=O)c1OC. The normalized spacial score (nSPS) is 15.3. The van der Waals surface area contributed by atoms with Gasteiger partial charge in [-0.05, 0) is 42.0 Å². The molecule has 0 fully saturated rings. The number of pyridine rings is 1. The second-order valence-corrected chi connectivity index (χ2v) is 6.76. The summed E-state index contributed by atoms with van der Waals surface area (Å²) >= 11 is 11.8. The maximum atomic E-state index is 12.6. The highest BCUT2D eigenvalue weighted by atomic mass is 35.5. The Balaban J connectivity index is 1.96. The van der Waals surface area contributed by atoms with Gasteiger partial charge in [0.05, 0.1) is 14.2 Å². The van der Waals surface area contributed by atoms with Gasteiger partial charge < -0.3 is 14.6 Å². The van der Waals surface area contributed by atoms with Crippen molar-refractivity contribution in [2.45, 2.75) is 0 Å². The lowest BCUT2D eigenvalue weighted by atomic mass is 10.1. The highest BCUT2D eigenvalue weighted by Gasteiger charge is 2.26. The molecule has 29 heavy (non-hydrogen) atoms. The van der Waals surface area contributed by atoms with Crippen LogP contribution in [0.2, 0.25) is 10.3 Å². The number of phenolic OH excluding ortho intramolecular Hbond substituents is 1. The minimum atomic E-state index is -0.287. The van der Waals surface area contributed by atoms with Gasteiger partial charge in [0, 0.05) is 12.6 Å². The summed E-state index contributed by atoms with van der Waals surface area (Å²) in [5.74, 6) is 0.564. The highest BCUT2D eigenvalue weighted by molar-refractivity contribution is 6.32. The van der Waals surface area contributed by atoms with E-state index in [4.69, 9.17) is 32.7 Å². The number of hydrogen-bond acceptors (Lipinski definition) is 6. The molecule has 150 valence electrons. The summed E-state index contributed by atoms with van der Waals surface area (Å²) in [5.41, 5.74) is 1.48. The summed E-state index contributed by atoms with van der Waals surface area (Å²) in [5, 5.41) is 10.4. The Morgan fingerprint density at radius 2 is 1.72 bits per heavy atom. The van der Waals surface area contributed by atoms with Crippen LogP contribution in [0.5, 0.6) is 17.2 Å². The van der Waals surface area contributed by atoms with Crippen LogP contribution >= 0.6 is 23.2 Å². The molecule has 7 nitrogen and oxygen atoms in total. The number of phenols is 1. The second-order valence-electron chi connectivity index (χ2n) is 5.98. The van der Waals surface area contributed by atoms with Gasteiger partial charge in [-0.25, -0.2) is 9.98 Å². The van der Waals surface area contributed by atoms with Gasteiger partial charge in [-0.3, -0.25) is 9.69 Å². The van der Waals surface area contributed by atoms with Crippen molar-refractivity contribution in [3.05, 3.63) is 57.5 Å². The molecular formula is C20H17Cl2N3O4. The maximum Gasteiger partial charge on any atom is 0.277 e. The first-order chi connectivity index (χ1) is 13.8. The van der Waals surface area contributed by atoms with Gasteiger partial charge in [0.15, 0.2) is 11.5 Å². The standard InChI is InChI=1S/C20H17Cl2N3O4/c1-25-17(7-4-11-8-15(21)24-16(22)9-11)23-13(20(25)27)10-12-5-6-14(26)19(29-3)18(12)28-2/h4-10,26H,1-3H3/b7-4+,13-10-. The monoisotopic (exact) mass is 433 g/mol. The maximum absolute atomic E-state index is 12.6. The van der Waals surface area contributed by atoms with Crippen molar-refractivity contribution in [2.75, 3.05) is 21.3 Å². The number of aromatic hydroxyl groups is 1. The van der Waals surface area contributed by atoms with Gasteiger partial charge in [0.25, 0.3) is 5.91 Å². The Kier molecular flexibility index (Phi) is 6.10. The summed E-state index contributed by atoms with van der Waals surface area (Å²) in [7, 11) is 4.49. The smallest absolute Gasteiger partial charge is 0.277 e. The summed E-state index contributed by atoms with van der Waals surface area (Å²) in [6.45, 7) is 0. The van der Waals surface area contributed by atoms with Crippen LogP contribution in [0.25, 0.3) is 12.2 Å². The number of methoxy groups -OCH3 is 2. The third-order valence-corrected chi connectivity index (χ3v) is 4.52. The van der Waals surface area contributed by atoms with Crippen LogP contribution in [0.1, 0.15) is 11.1 Å². The highest BCUT2D eigenvalue weighted by Crippen LogP contribution is 2.40. The van der Waals surface area contributed by atoms with E-state index in [-0.39, 0.29) is 33.4 Å². The van der Waals surface area contributed by atoms with Gasteiger partial charge in [-0.2, -0.15) is 0 Å². The molecule has 1 aromatic carbocycles. The molecule has 0 saturated carbocycles. The molecule has 1 aliphatic rings. The second kappa shape index (κ2) is 8.55. The number of hydrogen-bond donors (Lipinski definition) is 1. The molecule has 1 aliphatic heterocycles. The Bertz CT molecular complexity index is 1040. The number of aliphatic imine (C=N–C) groups is 1. The van der Waals surface area contributed by atoms with E-state index in [0.29, 0.717) is 17.1 Å². The zero-order valence-corrected chi connectivity index (χ0v) is 17.3. The van der Waals surface area contributed by atoms with Crippen molar-refractivity contribution >= 4 is 47.1 Å². The summed E-state index contributed by atoms with van der Waals surface area (Å²) in [6, 6.07) is 6.36. The summed E-state index contributed by atoms with van der Waals surface area (Å²) in [4.78, 5) is 22.3. The molecule has 1 amide bonds. The molecule has 0 aliphatic carbocycles. The number of benzene rings is 1. The van der Waals surface area contributed by atoms with Crippen molar-refractivity contribution in [2.24, 2.45) is 4.99 Å². The number of rotatable bonds is 5. The molecule has 1 N–H and O–H groups in total. The third kappa shape index (κ3) is 4.36. The number of aromatic nitrogens is 1. The van der Waals surface area contributed by atoms with E-state index in [1.54, 1.807) is 43.5 Å². The van der Waals surface area contributed by atoms with Crippen LogP contribution < -0.4 is 9.47 Å². The summed E-state index contributed by atoms with van der Waals surface area (Å²) < 4.78 is 10.5. The minimum Gasteiger partial charge on any atom is -0.504 e. The third-order valence-electron chi connectivity index (χ3n) is 4.13. The molecule has 2 heterocycles. The zero-order chi connectivity index (χ0) is 21.1. The molecule has 3 rings (SSSR count). The number of carbonyl (C=O) groups is 1. The number of nitrogens with zero attached hydrogens (tertiary/aromatic N) is 3. The molecule has 0 bridgehead atoms. The number of amidine groups is 1. The summed E-state index contributed by atoms with van der Waals surface area (Å²) in [6.07, 6.45) is 4.98. The number of ether oxygens (including phenoxy) is 2. The van der Waals surface area contributed by atoms with Crippen molar-refractivity contribution in [1.82, 2.24) is 9.88 Å². The number of amides is 1. The van der Waals surface area contributed by atoms with Crippen LogP contribution in [0, 0.1) is 0 Å². The van der Waals surface area contributed by atoms with Crippen molar-refractivity contribution < 1.29 is 19.4 Å². The molecule has 0 radical (unpaired) electrons. The lowest BCUT2D eigenvalue weighted by molar-refractivity contribution is -0.121. The fraction of sp³-hybridized carbons (Fsp3) is 0.150. The van der Waals surface area contributed by atoms with Gasteiger partial charge in [0.1, 0.15) is 21.8 Å². The van der Waals surface area contributed by atoms with Gasteiger partial charge in [-0.1, -0.05) is 29.3 Å². The van der Waals surface area contributed by atoms with E-state index in [1.807, 2.05) is 0 Å². The van der Waals surface area contributed by atoms with Crippen LogP contribution in [0.4, 0.5) is 0 Å². The lowest BCUT2D eigenvalue weighted by Crippen LogP contribution is -2.26. The predicted molar refractivity (Wildman–Crippen MR) is 113 cm³/mol. The first-order valence-electron chi connectivity index (χ1n) is 8.37. The predicted octanol–water partition coefficient (Wildman–Crippen LogP) is 4.04. The van der Waals surface area contributed by atoms with Gasteiger partial charge >= 0.3 is 0 Å². The quantitative estimate of drug-likeness (QED) is 0.568. The topological polar surface area (TPSA) is 84.3 Å². The van der Waals surface area contributed by atoms with E-state index in [1.165, 1.54) is 25.2 Å². The number of halogens is 2. The lowest BCUT2D eigenvalue weighted by Gasteiger charge is -2.12. The molecule has 0 atom stereocenters. The van der Waals surface area contributed by atoms with Gasteiger partial charge in [-0.15, -0.1) is 0 Å². The fourth-order valence-electron chi connectivity index (χ4n) is 2.75. The average Bonchev–Trinajstić information content (AvgIpc) is 2.94. The Hall–Kier alpha value is -3.03. The van der Waals surface area contributed by atoms with Crippen LogP contribution in [-0.4, -0.2) is 48.0 Å². The van der Waals surface area contributed by atoms with Crippen LogP contribution in [0.3, 0.4) is 0 Å². The Labute approximate surface area is 177 Å². The van der Waals surface area contributed by atoms with Crippen LogP contribution in [-0.2, 0) is 4.79 Å². The number of carbonyl (C=O) groups excluding carboxylic acids is 1. The molecule has 2 aromatic rings. The minimum absolute atomic E-state index is 0.0665. The molecule has 0 spiro atoms. The zero-order valence-electron chi connectivity index (χ0n) is 15.8. The van der Waals surface area contributed by atoms with E-state index in [0.717, 1.165) is 5.56 Å². The molecular weight excluding hydrogens is 417 g/mol. The van der Waals surface area contributed by atoms with E-state index < -0.39 is 0 Å². The van der Waals surface area contributed by atoms with Crippen molar-refractivity contribution in [3.63, 3.8) is 0 Å². The largest absolute Gasteiger partial charge is 0.504 e. The Morgan fingerprint density at radius 1 is 1.07 bits per heavy atom. The van der Waals surface area contributed by atoms with Crippen molar-refractivity contribution in [1.29, 1.82) is 0 Å². The van der Waals surface area contributed by atoms with E-state index in [2.05, 4.69) is 9.98 Å². The molecule has 0 unspecified atom stereocenters. The van der Waals surface area contributed by atoms with Gasteiger partial charge in [0.2, 0.25) is 5.75 Å². The average molecular weight is 434 g/mol. The Morgan fingerprint density at radius 3 is 2.34 bits per heavy atom. The fourth-order valence-corrected chi connectivity index (χ4v) is 3.23. The van der Waals surface area contributed by atoms with Crippen LogP contribution in [0.15, 0.2) is 41.0 Å². The molecule has 1 aromatic heterocycles. The van der Waals surface area contributed by atoms with Crippen molar-refractivity contribution in [3.8, 4) is 17.2 Å². The first kappa shape index (κ1) is 20.7. The molecule has 9 heteroatoms. The first-order valence-corrected chi connectivity index (χ1v) is 9.13. The molecule has 0 saturated heterocycles. The van der Waals surface area contributed by atoms with E-state index >= 15 is 0 Å².